The molecule has 1 saturated heterocycles. The highest BCUT2D eigenvalue weighted by Gasteiger charge is 2.52. The predicted molar refractivity (Wildman–Crippen MR) is 116 cm³/mol. The van der Waals surface area contributed by atoms with Gasteiger partial charge in [0.2, 0.25) is 0 Å². The zero-order valence-corrected chi connectivity index (χ0v) is 17.8. The van der Waals surface area contributed by atoms with E-state index in [1.165, 1.54) is 0 Å². The fourth-order valence-corrected chi connectivity index (χ4v) is 3.75. The number of nitrogens with one attached hydrogen (secondary N) is 1. The molecule has 1 aromatic heterocycles. The van der Waals surface area contributed by atoms with Crippen LogP contribution in [0.3, 0.4) is 0 Å². The second-order valence-electron chi connectivity index (χ2n) is 8.31. The van der Waals surface area contributed by atoms with E-state index < -0.39 is 29.6 Å². The van der Waals surface area contributed by atoms with Gasteiger partial charge in [-0.25, -0.2) is 9.36 Å². The highest BCUT2D eigenvalue weighted by molar-refractivity contribution is 6.62. The summed E-state index contributed by atoms with van der Waals surface area (Å²) in [6.45, 7) is 9.77. The van der Waals surface area contributed by atoms with Crippen molar-refractivity contribution in [2.45, 2.75) is 45.8 Å². The number of hydrogen-bond donors (Lipinski definition) is 1. The fraction of sp³-hybridized carbons (Fsp3) is 0.333. The van der Waals surface area contributed by atoms with E-state index in [2.05, 4.69) is 4.98 Å². The molecule has 1 N–H and O–H groups in total. The van der Waals surface area contributed by atoms with Crippen LogP contribution in [0.4, 0.5) is 0 Å². The van der Waals surface area contributed by atoms with Crippen LogP contribution in [0, 0.1) is 6.92 Å². The molecule has 0 amide bonds. The third-order valence-electron chi connectivity index (χ3n) is 5.98. The van der Waals surface area contributed by atoms with Crippen LogP contribution in [0.15, 0.2) is 46.0 Å². The molecule has 0 atom stereocenters. The molecule has 0 spiro atoms. The van der Waals surface area contributed by atoms with E-state index >= 15 is 0 Å². The van der Waals surface area contributed by atoms with Gasteiger partial charge in [0.25, 0.3) is 5.56 Å². The van der Waals surface area contributed by atoms with Crippen molar-refractivity contribution in [1.29, 1.82) is 0 Å². The number of aromatic amines is 1. The Balaban J connectivity index is 1.90. The van der Waals surface area contributed by atoms with E-state index in [0.717, 1.165) is 15.6 Å². The highest BCUT2D eigenvalue weighted by Crippen LogP contribution is 2.36. The molecule has 29 heavy (non-hydrogen) atoms. The van der Waals surface area contributed by atoms with E-state index in [0.29, 0.717) is 21.6 Å². The number of halogens is 1. The lowest BCUT2D eigenvalue weighted by Gasteiger charge is -2.32. The van der Waals surface area contributed by atoms with Crippen molar-refractivity contribution in [3.63, 3.8) is 0 Å². The van der Waals surface area contributed by atoms with Gasteiger partial charge in [0.15, 0.2) is 0 Å². The number of fused-ring (bicyclic) bond motifs is 1. The first-order chi connectivity index (χ1) is 13.5. The lowest BCUT2D eigenvalue weighted by Crippen LogP contribution is -2.41. The number of aromatic nitrogens is 2. The summed E-state index contributed by atoms with van der Waals surface area (Å²) >= 11 is 6.14. The SMILES string of the molecule is Cc1c(B2OC(C)(C)C(C)(C)O2)cccc1-n1c(=O)[nH]c2c(Cl)cccc2c1=O. The Hall–Kier alpha value is -2.35. The van der Waals surface area contributed by atoms with E-state index in [4.69, 9.17) is 20.9 Å². The summed E-state index contributed by atoms with van der Waals surface area (Å²) in [5.74, 6) is 0. The van der Waals surface area contributed by atoms with Gasteiger partial charge in [0, 0.05) is 0 Å². The number of nitrogens with zero attached hydrogens (tertiary/aromatic N) is 1. The largest absolute Gasteiger partial charge is 0.495 e. The van der Waals surface area contributed by atoms with Gasteiger partial charge >= 0.3 is 12.8 Å². The molecular formula is C21H22BClN2O4. The second-order valence-corrected chi connectivity index (χ2v) is 8.72. The molecule has 3 aromatic rings. The minimum Gasteiger partial charge on any atom is -0.399 e. The van der Waals surface area contributed by atoms with Crippen LogP contribution in [0.2, 0.25) is 5.02 Å². The van der Waals surface area contributed by atoms with Crippen LogP contribution in [0.5, 0.6) is 0 Å². The molecule has 0 radical (unpaired) electrons. The van der Waals surface area contributed by atoms with Gasteiger partial charge in [0.1, 0.15) is 0 Å². The molecule has 0 bridgehead atoms. The zero-order valence-electron chi connectivity index (χ0n) is 17.0. The summed E-state index contributed by atoms with van der Waals surface area (Å²) in [5.41, 5.74) is 0.358. The van der Waals surface area contributed by atoms with Gasteiger partial charge in [-0.3, -0.25) is 4.79 Å². The lowest BCUT2D eigenvalue weighted by atomic mass is 9.76. The topological polar surface area (TPSA) is 73.3 Å². The first-order valence-electron chi connectivity index (χ1n) is 9.42. The Labute approximate surface area is 173 Å². The van der Waals surface area contributed by atoms with Gasteiger partial charge in [0.05, 0.1) is 32.8 Å². The summed E-state index contributed by atoms with van der Waals surface area (Å²) in [4.78, 5) is 28.6. The summed E-state index contributed by atoms with van der Waals surface area (Å²) in [6.07, 6.45) is 0. The first-order valence-corrected chi connectivity index (χ1v) is 9.80. The Kier molecular flexibility index (Phi) is 4.53. The fourth-order valence-electron chi connectivity index (χ4n) is 3.53. The van der Waals surface area contributed by atoms with Crippen LogP contribution >= 0.6 is 11.6 Å². The molecule has 0 saturated carbocycles. The molecule has 8 heteroatoms. The molecule has 6 nitrogen and oxygen atoms in total. The van der Waals surface area contributed by atoms with Crippen LogP contribution in [0.25, 0.3) is 16.6 Å². The zero-order chi connectivity index (χ0) is 21.1. The van der Waals surface area contributed by atoms with E-state index in [1.807, 2.05) is 40.7 Å². The van der Waals surface area contributed by atoms with Crippen molar-refractivity contribution in [3.05, 3.63) is 67.8 Å². The molecule has 150 valence electrons. The van der Waals surface area contributed by atoms with Crippen LogP contribution < -0.4 is 16.7 Å². The van der Waals surface area contributed by atoms with Crippen molar-refractivity contribution >= 4 is 35.1 Å². The van der Waals surface area contributed by atoms with Crippen LogP contribution in [-0.4, -0.2) is 27.9 Å². The minimum atomic E-state index is -0.593. The Morgan fingerprint density at radius 3 is 2.28 bits per heavy atom. The van der Waals surface area contributed by atoms with Crippen molar-refractivity contribution in [3.8, 4) is 5.69 Å². The molecule has 1 aliphatic rings. The highest BCUT2D eigenvalue weighted by atomic mass is 35.5. The van der Waals surface area contributed by atoms with Gasteiger partial charge in [-0.15, -0.1) is 0 Å². The van der Waals surface area contributed by atoms with Crippen molar-refractivity contribution in [1.82, 2.24) is 9.55 Å². The minimum absolute atomic E-state index is 0.326. The quantitative estimate of drug-likeness (QED) is 0.657. The molecular weight excluding hydrogens is 391 g/mol. The Morgan fingerprint density at radius 1 is 1.00 bits per heavy atom. The molecule has 4 rings (SSSR count). The molecule has 1 fully saturated rings. The molecule has 2 heterocycles. The standard InChI is InChI=1S/C21H22BClN2O4/c1-12-14(22-28-20(2,3)21(4,5)29-22)9-7-11-16(12)25-18(26)13-8-6-10-15(23)17(13)24-19(25)27/h6-11H,1-5H3,(H,24,27). The van der Waals surface area contributed by atoms with Gasteiger partial charge in [-0.2, -0.15) is 0 Å². The van der Waals surface area contributed by atoms with E-state index in [-0.39, 0.29) is 0 Å². The van der Waals surface area contributed by atoms with Crippen molar-refractivity contribution in [2.75, 3.05) is 0 Å². The summed E-state index contributed by atoms with van der Waals surface area (Å²) in [6, 6.07) is 10.4. The van der Waals surface area contributed by atoms with Crippen LogP contribution in [-0.2, 0) is 9.31 Å². The molecule has 1 aliphatic heterocycles. The lowest BCUT2D eigenvalue weighted by molar-refractivity contribution is 0.00578. The van der Waals surface area contributed by atoms with Crippen molar-refractivity contribution < 1.29 is 9.31 Å². The predicted octanol–water partition coefficient (Wildman–Crippen LogP) is 2.94. The van der Waals surface area contributed by atoms with E-state index in [1.54, 1.807) is 30.3 Å². The van der Waals surface area contributed by atoms with Gasteiger partial charge < -0.3 is 14.3 Å². The number of H-pyrrole nitrogens is 1. The summed E-state index contributed by atoms with van der Waals surface area (Å²) < 4.78 is 13.4. The third kappa shape index (κ3) is 3.05. The third-order valence-corrected chi connectivity index (χ3v) is 6.29. The number of benzene rings is 2. The molecule has 0 aliphatic carbocycles. The van der Waals surface area contributed by atoms with Crippen LogP contribution in [0.1, 0.15) is 33.3 Å². The Bertz CT molecular complexity index is 1230. The maximum atomic E-state index is 13.1. The second kappa shape index (κ2) is 6.59. The average molecular weight is 413 g/mol. The van der Waals surface area contributed by atoms with Crippen molar-refractivity contribution in [2.24, 2.45) is 0 Å². The maximum Gasteiger partial charge on any atom is 0.495 e. The Morgan fingerprint density at radius 2 is 1.62 bits per heavy atom. The summed E-state index contributed by atoms with van der Waals surface area (Å²) in [7, 11) is -0.593. The number of hydrogen-bond acceptors (Lipinski definition) is 4. The summed E-state index contributed by atoms with van der Waals surface area (Å²) in [5, 5.41) is 0.670. The van der Waals surface area contributed by atoms with Gasteiger partial charge in [-0.05, 0) is 63.8 Å². The average Bonchev–Trinajstić information content (AvgIpc) is 2.85. The van der Waals surface area contributed by atoms with E-state index in [9.17, 15) is 9.59 Å². The van der Waals surface area contributed by atoms with Gasteiger partial charge in [-0.1, -0.05) is 29.8 Å². The number of para-hydroxylation sites is 1. The maximum absolute atomic E-state index is 13.1. The smallest absolute Gasteiger partial charge is 0.399 e. The molecule has 0 unspecified atom stereocenters. The normalized spacial score (nSPS) is 17.8. The monoisotopic (exact) mass is 412 g/mol. The number of rotatable bonds is 2. The first kappa shape index (κ1) is 19.9. The molecule has 2 aromatic carbocycles.